The number of carboxylic acids is 1. The number of benzene rings is 1. The van der Waals surface area contributed by atoms with Crippen molar-refractivity contribution in [2.75, 3.05) is 13.7 Å². The van der Waals surface area contributed by atoms with Crippen molar-refractivity contribution in [2.24, 2.45) is 5.73 Å². The Hall–Kier alpha value is -1.62. The van der Waals surface area contributed by atoms with E-state index in [0.29, 0.717) is 5.56 Å². The van der Waals surface area contributed by atoms with Gasteiger partial charge >= 0.3 is 5.97 Å². The Labute approximate surface area is 86.5 Å². The average molecular weight is 213 g/mol. The van der Waals surface area contributed by atoms with Crippen LogP contribution < -0.4 is 10.5 Å². The van der Waals surface area contributed by atoms with E-state index in [4.69, 9.17) is 15.6 Å². The molecule has 0 aromatic heterocycles. The highest BCUT2D eigenvalue weighted by Gasteiger charge is 2.19. The summed E-state index contributed by atoms with van der Waals surface area (Å²) in [6, 6.07) is 3.91. The van der Waals surface area contributed by atoms with Gasteiger partial charge in [0, 0.05) is 6.54 Å². The maximum atomic E-state index is 13.0. The number of carboxylic acid groups (broad SMARTS) is 1. The molecule has 1 rings (SSSR count). The SMILES string of the molecule is COc1cc(C(CN)C(=O)O)ccc1F. The van der Waals surface area contributed by atoms with Gasteiger partial charge in [0.25, 0.3) is 0 Å². The van der Waals surface area contributed by atoms with E-state index in [2.05, 4.69) is 0 Å². The van der Waals surface area contributed by atoms with E-state index < -0.39 is 17.7 Å². The molecule has 0 saturated heterocycles. The summed E-state index contributed by atoms with van der Waals surface area (Å²) in [5, 5.41) is 8.85. The highest BCUT2D eigenvalue weighted by Crippen LogP contribution is 2.23. The number of hydrogen-bond donors (Lipinski definition) is 2. The van der Waals surface area contributed by atoms with Gasteiger partial charge in [0.2, 0.25) is 0 Å². The lowest BCUT2D eigenvalue weighted by Crippen LogP contribution is -2.21. The molecule has 0 aliphatic carbocycles. The van der Waals surface area contributed by atoms with Crippen LogP contribution in [-0.4, -0.2) is 24.7 Å². The minimum absolute atomic E-state index is 0.0206. The summed E-state index contributed by atoms with van der Waals surface area (Å²) >= 11 is 0. The van der Waals surface area contributed by atoms with Crippen LogP contribution in [0, 0.1) is 5.82 Å². The van der Waals surface area contributed by atoms with Crippen LogP contribution in [0.3, 0.4) is 0 Å². The normalized spacial score (nSPS) is 12.2. The van der Waals surface area contributed by atoms with E-state index >= 15 is 0 Å². The van der Waals surface area contributed by atoms with Crippen LogP contribution in [0.1, 0.15) is 11.5 Å². The van der Waals surface area contributed by atoms with E-state index in [9.17, 15) is 9.18 Å². The van der Waals surface area contributed by atoms with Gasteiger partial charge in [-0.15, -0.1) is 0 Å². The van der Waals surface area contributed by atoms with E-state index in [-0.39, 0.29) is 12.3 Å². The van der Waals surface area contributed by atoms with Crippen molar-refractivity contribution >= 4 is 5.97 Å². The minimum atomic E-state index is -1.04. The smallest absolute Gasteiger partial charge is 0.312 e. The maximum Gasteiger partial charge on any atom is 0.312 e. The molecule has 1 atom stereocenters. The molecule has 4 nitrogen and oxygen atoms in total. The first-order valence-electron chi connectivity index (χ1n) is 4.36. The molecule has 1 unspecified atom stereocenters. The van der Waals surface area contributed by atoms with Crippen molar-refractivity contribution in [1.82, 2.24) is 0 Å². The molecule has 0 radical (unpaired) electrons. The summed E-state index contributed by atoms with van der Waals surface area (Å²) in [6.07, 6.45) is 0. The molecule has 82 valence electrons. The monoisotopic (exact) mass is 213 g/mol. The molecule has 0 spiro atoms. The van der Waals surface area contributed by atoms with E-state index in [1.807, 2.05) is 0 Å². The first kappa shape index (κ1) is 11.5. The lowest BCUT2D eigenvalue weighted by Gasteiger charge is -2.11. The molecule has 0 heterocycles. The molecule has 1 aromatic rings. The Morgan fingerprint density at radius 2 is 2.33 bits per heavy atom. The van der Waals surface area contributed by atoms with Gasteiger partial charge in [0.1, 0.15) is 0 Å². The summed E-state index contributed by atoms with van der Waals surface area (Å²) in [5.74, 6) is -2.37. The molecule has 0 amide bonds. The Kier molecular flexibility index (Phi) is 3.62. The number of hydrogen-bond acceptors (Lipinski definition) is 3. The van der Waals surface area contributed by atoms with Gasteiger partial charge in [-0.25, -0.2) is 4.39 Å². The third-order valence-electron chi connectivity index (χ3n) is 2.11. The molecule has 15 heavy (non-hydrogen) atoms. The summed E-state index contributed by atoms with van der Waals surface area (Å²) < 4.78 is 17.8. The number of nitrogens with two attached hydrogens (primary N) is 1. The molecule has 0 fully saturated rings. The van der Waals surface area contributed by atoms with Crippen LogP contribution in [0.5, 0.6) is 5.75 Å². The standard InChI is InChI=1S/C10H12FNO3/c1-15-9-4-6(2-3-8(9)11)7(5-12)10(13)14/h2-4,7H,5,12H2,1H3,(H,13,14). The summed E-state index contributed by atoms with van der Waals surface area (Å²) in [4.78, 5) is 10.8. The van der Waals surface area contributed by atoms with Gasteiger partial charge < -0.3 is 15.6 Å². The Balaban J connectivity index is 3.09. The second kappa shape index (κ2) is 4.75. The maximum absolute atomic E-state index is 13.0. The lowest BCUT2D eigenvalue weighted by atomic mass is 9.99. The summed E-state index contributed by atoms with van der Waals surface area (Å²) in [7, 11) is 1.32. The lowest BCUT2D eigenvalue weighted by molar-refractivity contribution is -0.138. The second-order valence-electron chi connectivity index (χ2n) is 3.02. The van der Waals surface area contributed by atoms with Gasteiger partial charge in [-0.2, -0.15) is 0 Å². The first-order chi connectivity index (χ1) is 7.10. The molecule has 3 N–H and O–H groups in total. The average Bonchev–Trinajstić information content (AvgIpc) is 2.21. The number of rotatable bonds is 4. The third kappa shape index (κ3) is 2.44. The van der Waals surface area contributed by atoms with Gasteiger partial charge in [-0.3, -0.25) is 4.79 Å². The zero-order valence-electron chi connectivity index (χ0n) is 8.24. The zero-order valence-corrected chi connectivity index (χ0v) is 8.24. The quantitative estimate of drug-likeness (QED) is 0.781. The number of ether oxygens (including phenoxy) is 1. The van der Waals surface area contributed by atoms with Gasteiger partial charge in [-0.1, -0.05) is 6.07 Å². The predicted octanol–water partition coefficient (Wildman–Crippen LogP) is 0.961. The van der Waals surface area contributed by atoms with E-state index in [1.54, 1.807) is 0 Å². The van der Waals surface area contributed by atoms with Crippen molar-refractivity contribution in [3.8, 4) is 5.75 Å². The molecule has 0 saturated carbocycles. The number of aliphatic carboxylic acids is 1. The van der Waals surface area contributed by atoms with Crippen LogP contribution in [-0.2, 0) is 4.79 Å². The second-order valence-corrected chi connectivity index (χ2v) is 3.02. The van der Waals surface area contributed by atoms with Crippen molar-refractivity contribution in [3.63, 3.8) is 0 Å². The van der Waals surface area contributed by atoms with Crippen LogP contribution in [0.4, 0.5) is 4.39 Å². The molecule has 0 aliphatic heterocycles. The zero-order chi connectivity index (χ0) is 11.4. The first-order valence-corrected chi connectivity index (χ1v) is 4.36. The Morgan fingerprint density at radius 1 is 1.67 bits per heavy atom. The fraction of sp³-hybridized carbons (Fsp3) is 0.300. The van der Waals surface area contributed by atoms with Crippen molar-refractivity contribution < 1.29 is 19.0 Å². The largest absolute Gasteiger partial charge is 0.494 e. The van der Waals surface area contributed by atoms with Crippen LogP contribution in [0.15, 0.2) is 18.2 Å². The van der Waals surface area contributed by atoms with Crippen molar-refractivity contribution in [1.29, 1.82) is 0 Å². The molecule has 0 bridgehead atoms. The van der Waals surface area contributed by atoms with Crippen LogP contribution in [0.2, 0.25) is 0 Å². The van der Waals surface area contributed by atoms with Gasteiger partial charge in [0.15, 0.2) is 11.6 Å². The molecule has 0 aliphatic rings. The van der Waals surface area contributed by atoms with E-state index in [0.717, 1.165) is 0 Å². The third-order valence-corrected chi connectivity index (χ3v) is 2.11. The van der Waals surface area contributed by atoms with Crippen molar-refractivity contribution in [2.45, 2.75) is 5.92 Å². The highest BCUT2D eigenvalue weighted by molar-refractivity contribution is 5.76. The molecular formula is C10H12FNO3. The highest BCUT2D eigenvalue weighted by atomic mass is 19.1. The summed E-state index contributed by atoms with van der Waals surface area (Å²) in [6.45, 7) is -0.0376. The Morgan fingerprint density at radius 3 is 2.80 bits per heavy atom. The van der Waals surface area contributed by atoms with Gasteiger partial charge in [0.05, 0.1) is 13.0 Å². The topological polar surface area (TPSA) is 72.5 Å². The molecular weight excluding hydrogens is 201 g/mol. The number of halogens is 1. The molecule has 1 aromatic carbocycles. The van der Waals surface area contributed by atoms with Gasteiger partial charge in [-0.05, 0) is 17.7 Å². The van der Waals surface area contributed by atoms with Crippen LogP contribution >= 0.6 is 0 Å². The fourth-order valence-corrected chi connectivity index (χ4v) is 1.27. The summed E-state index contributed by atoms with van der Waals surface area (Å²) in [5.41, 5.74) is 5.75. The van der Waals surface area contributed by atoms with E-state index in [1.165, 1.54) is 25.3 Å². The van der Waals surface area contributed by atoms with Crippen LogP contribution in [0.25, 0.3) is 0 Å². The Bertz CT molecular complexity index is 368. The predicted molar refractivity (Wildman–Crippen MR) is 52.4 cm³/mol. The number of methoxy groups -OCH3 is 1. The fourth-order valence-electron chi connectivity index (χ4n) is 1.27. The number of carbonyl (C=O) groups is 1. The van der Waals surface area contributed by atoms with Crippen molar-refractivity contribution in [3.05, 3.63) is 29.6 Å². The minimum Gasteiger partial charge on any atom is -0.494 e. The molecule has 5 heteroatoms.